The maximum Gasteiger partial charge on any atom is 0.125 e. The maximum atomic E-state index is 9.86. The zero-order valence-electron chi connectivity index (χ0n) is 9.03. The topological polar surface area (TPSA) is 25.2 Å². The van der Waals surface area contributed by atoms with Crippen LogP contribution in [-0.2, 0) is 12.3 Å². The Kier molecular flexibility index (Phi) is 2.91. The number of aromatic hydroxyl groups is 1. The molecule has 1 heterocycles. The third-order valence-corrected chi connectivity index (χ3v) is 3.20. The Balaban J connectivity index is 2.70. The van der Waals surface area contributed by atoms with Crippen molar-refractivity contribution in [2.75, 3.05) is 6.26 Å². The number of rotatable bonds is 3. The van der Waals surface area contributed by atoms with E-state index in [0.29, 0.717) is 5.75 Å². The lowest BCUT2D eigenvalue weighted by Gasteiger charge is -2.00. The molecule has 0 saturated heterocycles. The van der Waals surface area contributed by atoms with Crippen molar-refractivity contribution in [3.8, 4) is 5.75 Å². The predicted molar refractivity (Wildman–Crippen MR) is 66.5 cm³/mol. The summed E-state index contributed by atoms with van der Waals surface area (Å²) in [5, 5.41) is 10.9. The van der Waals surface area contributed by atoms with Gasteiger partial charge in [0.05, 0.1) is 5.52 Å². The lowest BCUT2D eigenvalue weighted by molar-refractivity contribution is 0.481. The van der Waals surface area contributed by atoms with Crippen LogP contribution in [0.4, 0.5) is 0 Å². The van der Waals surface area contributed by atoms with Crippen LogP contribution in [0.1, 0.15) is 12.5 Å². The molecule has 0 unspecified atom stereocenters. The molecule has 0 fully saturated rings. The average Bonchev–Trinajstić information content (AvgIpc) is 2.59. The number of aromatic nitrogens is 1. The summed E-state index contributed by atoms with van der Waals surface area (Å²) in [4.78, 5) is 0. The summed E-state index contributed by atoms with van der Waals surface area (Å²) in [6.45, 7) is 3.06. The Hall–Kier alpha value is -1.09. The summed E-state index contributed by atoms with van der Waals surface area (Å²) in [7, 11) is 0. The molecule has 0 atom stereocenters. The summed E-state index contributed by atoms with van der Waals surface area (Å²) < 4.78 is 2.18. The Morgan fingerprint density at radius 1 is 1.40 bits per heavy atom. The number of hydrogen-bond acceptors (Lipinski definition) is 2. The zero-order valence-corrected chi connectivity index (χ0v) is 9.84. The van der Waals surface area contributed by atoms with E-state index in [9.17, 15) is 5.11 Å². The number of thioether (sulfide) groups is 1. The van der Waals surface area contributed by atoms with Crippen molar-refractivity contribution in [2.45, 2.75) is 19.2 Å². The highest BCUT2D eigenvalue weighted by atomic mass is 32.2. The second-order valence-corrected chi connectivity index (χ2v) is 4.41. The summed E-state index contributed by atoms with van der Waals surface area (Å²) in [5.74, 6) is 1.34. The Labute approximate surface area is 93.9 Å². The molecular formula is C12H15NOS. The fraction of sp³-hybridized carbons (Fsp3) is 0.333. The molecule has 0 radical (unpaired) electrons. The minimum Gasteiger partial charge on any atom is -0.507 e. The van der Waals surface area contributed by atoms with Crippen LogP contribution in [0.15, 0.2) is 24.4 Å². The van der Waals surface area contributed by atoms with Crippen molar-refractivity contribution in [1.29, 1.82) is 0 Å². The Bertz CT molecular complexity index is 476. The second-order valence-electron chi connectivity index (χ2n) is 3.54. The maximum absolute atomic E-state index is 9.86. The molecule has 15 heavy (non-hydrogen) atoms. The van der Waals surface area contributed by atoms with Crippen LogP contribution in [0, 0.1) is 0 Å². The van der Waals surface area contributed by atoms with Crippen molar-refractivity contribution in [2.24, 2.45) is 0 Å². The number of benzene rings is 1. The van der Waals surface area contributed by atoms with E-state index < -0.39 is 0 Å². The standard InChI is InChI=1S/C12H15NOS/c1-3-13-7-9(8-15-2)12-10(13)5-4-6-11(12)14/h4-7,14H,3,8H2,1-2H3. The molecule has 2 nitrogen and oxygen atoms in total. The summed E-state index contributed by atoms with van der Waals surface area (Å²) in [6, 6.07) is 5.71. The molecule has 1 N–H and O–H groups in total. The molecule has 2 aromatic rings. The van der Waals surface area contributed by atoms with Crippen LogP contribution in [0.5, 0.6) is 5.75 Å². The summed E-state index contributed by atoms with van der Waals surface area (Å²) in [5.41, 5.74) is 2.35. The Morgan fingerprint density at radius 3 is 2.87 bits per heavy atom. The average molecular weight is 221 g/mol. The lowest BCUT2D eigenvalue weighted by Crippen LogP contribution is -1.89. The number of phenols is 1. The molecule has 0 aliphatic rings. The summed E-state index contributed by atoms with van der Waals surface area (Å²) in [6.07, 6.45) is 4.22. The fourth-order valence-electron chi connectivity index (χ4n) is 1.95. The van der Waals surface area contributed by atoms with Crippen LogP contribution in [-0.4, -0.2) is 15.9 Å². The second kappa shape index (κ2) is 4.19. The van der Waals surface area contributed by atoms with E-state index in [2.05, 4.69) is 30.0 Å². The van der Waals surface area contributed by atoms with Crippen molar-refractivity contribution in [3.63, 3.8) is 0 Å². The number of hydrogen-bond donors (Lipinski definition) is 1. The molecule has 0 spiro atoms. The van der Waals surface area contributed by atoms with Crippen LogP contribution in [0.3, 0.4) is 0 Å². The minimum absolute atomic E-state index is 0.392. The molecule has 0 amide bonds. The molecule has 0 saturated carbocycles. The molecule has 0 aliphatic carbocycles. The first kappa shape index (κ1) is 10.4. The van der Waals surface area contributed by atoms with Gasteiger partial charge in [-0.1, -0.05) is 6.07 Å². The third kappa shape index (κ3) is 1.72. The van der Waals surface area contributed by atoms with Gasteiger partial charge in [-0.3, -0.25) is 0 Å². The predicted octanol–water partition coefficient (Wildman–Crippen LogP) is 3.23. The minimum atomic E-state index is 0.392. The molecule has 1 aromatic heterocycles. The Morgan fingerprint density at radius 2 is 2.20 bits per heavy atom. The molecule has 1 aromatic carbocycles. The number of aryl methyl sites for hydroxylation is 1. The van der Waals surface area contributed by atoms with E-state index in [1.165, 1.54) is 5.56 Å². The van der Waals surface area contributed by atoms with E-state index in [1.807, 2.05) is 6.07 Å². The molecule has 0 aliphatic heterocycles. The van der Waals surface area contributed by atoms with Crippen molar-refractivity contribution < 1.29 is 5.11 Å². The van der Waals surface area contributed by atoms with Gasteiger partial charge in [-0.2, -0.15) is 11.8 Å². The first-order valence-electron chi connectivity index (χ1n) is 5.06. The van der Waals surface area contributed by atoms with Crippen molar-refractivity contribution in [3.05, 3.63) is 30.0 Å². The van der Waals surface area contributed by atoms with E-state index in [1.54, 1.807) is 17.8 Å². The number of nitrogens with zero attached hydrogens (tertiary/aromatic N) is 1. The highest BCUT2D eigenvalue weighted by molar-refractivity contribution is 7.97. The third-order valence-electron chi connectivity index (χ3n) is 2.60. The van der Waals surface area contributed by atoms with E-state index >= 15 is 0 Å². The van der Waals surface area contributed by atoms with Gasteiger partial charge in [-0.25, -0.2) is 0 Å². The highest BCUT2D eigenvalue weighted by Crippen LogP contribution is 2.31. The van der Waals surface area contributed by atoms with Crippen LogP contribution in [0.25, 0.3) is 10.9 Å². The number of phenolic OH excluding ortho intramolecular Hbond substituents is 1. The largest absolute Gasteiger partial charge is 0.507 e. The fourth-order valence-corrected chi connectivity index (χ4v) is 2.48. The monoisotopic (exact) mass is 221 g/mol. The summed E-state index contributed by atoms with van der Waals surface area (Å²) >= 11 is 1.78. The smallest absolute Gasteiger partial charge is 0.125 e. The van der Waals surface area contributed by atoms with Gasteiger partial charge in [0.25, 0.3) is 0 Å². The molecule has 2 rings (SSSR count). The van der Waals surface area contributed by atoms with Crippen LogP contribution < -0.4 is 0 Å². The normalized spacial score (nSPS) is 11.1. The van der Waals surface area contributed by atoms with Crippen molar-refractivity contribution >= 4 is 22.7 Å². The van der Waals surface area contributed by atoms with Crippen LogP contribution >= 0.6 is 11.8 Å². The lowest BCUT2D eigenvalue weighted by atomic mass is 10.2. The number of fused-ring (bicyclic) bond motifs is 1. The first-order chi connectivity index (χ1) is 7.27. The van der Waals surface area contributed by atoms with Gasteiger partial charge in [-0.15, -0.1) is 0 Å². The molecule has 80 valence electrons. The van der Waals surface area contributed by atoms with E-state index in [0.717, 1.165) is 23.2 Å². The van der Waals surface area contributed by atoms with Gasteiger partial charge in [0.2, 0.25) is 0 Å². The quantitative estimate of drug-likeness (QED) is 0.860. The van der Waals surface area contributed by atoms with E-state index in [4.69, 9.17) is 0 Å². The van der Waals surface area contributed by atoms with Gasteiger partial charge >= 0.3 is 0 Å². The van der Waals surface area contributed by atoms with Crippen LogP contribution in [0.2, 0.25) is 0 Å². The highest BCUT2D eigenvalue weighted by Gasteiger charge is 2.10. The SMILES string of the molecule is CCn1cc(CSC)c2c(O)cccc21. The van der Waals surface area contributed by atoms with Gasteiger partial charge in [0, 0.05) is 23.9 Å². The molecular weight excluding hydrogens is 206 g/mol. The van der Waals surface area contributed by atoms with Gasteiger partial charge in [0.15, 0.2) is 0 Å². The molecule has 3 heteroatoms. The first-order valence-corrected chi connectivity index (χ1v) is 6.46. The van der Waals surface area contributed by atoms with E-state index in [-0.39, 0.29) is 0 Å². The zero-order chi connectivity index (χ0) is 10.8. The van der Waals surface area contributed by atoms with Gasteiger partial charge in [0.1, 0.15) is 5.75 Å². The van der Waals surface area contributed by atoms with Crippen molar-refractivity contribution in [1.82, 2.24) is 4.57 Å². The van der Waals surface area contributed by atoms with Gasteiger partial charge < -0.3 is 9.67 Å². The molecule has 0 bridgehead atoms. The van der Waals surface area contributed by atoms with Gasteiger partial charge in [-0.05, 0) is 30.9 Å².